The van der Waals surface area contributed by atoms with Crippen molar-refractivity contribution in [2.75, 3.05) is 26.6 Å². The van der Waals surface area contributed by atoms with Crippen LogP contribution in [0.5, 0.6) is 11.5 Å². The number of carbonyl (C=O) groups is 2. The summed E-state index contributed by atoms with van der Waals surface area (Å²) in [4.78, 5) is 24.8. The fourth-order valence-corrected chi connectivity index (χ4v) is 3.34. The molecule has 0 aliphatic rings. The predicted molar refractivity (Wildman–Crippen MR) is 109 cm³/mol. The summed E-state index contributed by atoms with van der Waals surface area (Å²) >= 11 is 1.40. The lowest BCUT2D eigenvalue weighted by Crippen LogP contribution is -2.28. The number of ether oxygens (including phenoxy) is 3. The molecule has 2 aromatic rings. The third kappa shape index (κ3) is 6.49. The number of thioether (sulfide) groups is 1. The summed E-state index contributed by atoms with van der Waals surface area (Å²) in [5, 5.41) is 2.71. The van der Waals surface area contributed by atoms with Crippen LogP contribution in [0.25, 0.3) is 0 Å². The van der Waals surface area contributed by atoms with Crippen LogP contribution < -0.4 is 14.8 Å². The normalized spacial score (nSPS) is 10.3. The van der Waals surface area contributed by atoms with Crippen molar-refractivity contribution in [1.82, 2.24) is 5.32 Å². The first-order valence-corrected chi connectivity index (χ1v) is 9.74. The minimum absolute atomic E-state index is 0.160. The molecule has 1 N–H and O–H groups in total. The highest BCUT2D eigenvalue weighted by molar-refractivity contribution is 8.00. The average Bonchev–Trinajstić information content (AvgIpc) is 2.69. The molecule has 2 rings (SSSR count). The third-order valence-corrected chi connectivity index (χ3v) is 5.13. The topological polar surface area (TPSA) is 73.9 Å². The molecule has 1 amide bonds. The molecule has 0 spiro atoms. The Morgan fingerprint density at radius 3 is 2.43 bits per heavy atom. The van der Waals surface area contributed by atoms with Gasteiger partial charge in [-0.3, -0.25) is 9.59 Å². The molecule has 7 heteroatoms. The van der Waals surface area contributed by atoms with Crippen LogP contribution in [0.4, 0.5) is 0 Å². The van der Waals surface area contributed by atoms with E-state index in [0.29, 0.717) is 18.0 Å². The van der Waals surface area contributed by atoms with Crippen molar-refractivity contribution in [3.63, 3.8) is 0 Å². The monoisotopic (exact) mass is 403 g/mol. The number of nitrogens with one attached hydrogen (secondary N) is 1. The van der Waals surface area contributed by atoms with E-state index in [9.17, 15) is 9.59 Å². The minimum atomic E-state index is -0.425. The van der Waals surface area contributed by atoms with Crippen LogP contribution in [0.2, 0.25) is 0 Å². The number of benzene rings is 2. The van der Waals surface area contributed by atoms with Gasteiger partial charge in [0.25, 0.3) is 5.91 Å². The Hall–Kier alpha value is -2.67. The summed E-state index contributed by atoms with van der Waals surface area (Å²) < 4.78 is 15.5. The Morgan fingerprint density at radius 2 is 1.75 bits per heavy atom. The highest BCUT2D eigenvalue weighted by Crippen LogP contribution is 2.27. The van der Waals surface area contributed by atoms with Crippen molar-refractivity contribution < 1.29 is 23.8 Å². The fraction of sp³-hybridized carbons (Fsp3) is 0.333. The number of amides is 1. The van der Waals surface area contributed by atoms with Crippen molar-refractivity contribution >= 4 is 23.6 Å². The maximum atomic E-state index is 11.9. The van der Waals surface area contributed by atoms with E-state index in [1.807, 2.05) is 32.0 Å². The van der Waals surface area contributed by atoms with Crippen LogP contribution in [0.3, 0.4) is 0 Å². The van der Waals surface area contributed by atoms with E-state index < -0.39 is 5.97 Å². The molecule has 0 aliphatic heterocycles. The molecule has 0 aliphatic carbocycles. The van der Waals surface area contributed by atoms with E-state index >= 15 is 0 Å². The van der Waals surface area contributed by atoms with Gasteiger partial charge in [-0.15, -0.1) is 11.8 Å². The van der Waals surface area contributed by atoms with Gasteiger partial charge in [0.15, 0.2) is 18.1 Å². The number of carbonyl (C=O) groups excluding carboxylic acids is 2. The summed E-state index contributed by atoms with van der Waals surface area (Å²) in [7, 11) is 3.11. The molecule has 2 aromatic carbocycles. The molecule has 0 aromatic heterocycles. The minimum Gasteiger partial charge on any atom is -0.493 e. The van der Waals surface area contributed by atoms with Gasteiger partial charge in [0.1, 0.15) is 0 Å². The molecule has 6 nitrogen and oxygen atoms in total. The Morgan fingerprint density at radius 1 is 1.00 bits per heavy atom. The average molecular weight is 404 g/mol. The van der Waals surface area contributed by atoms with Gasteiger partial charge in [-0.1, -0.05) is 23.8 Å². The summed E-state index contributed by atoms with van der Waals surface area (Å²) in [6.07, 6.45) is 0. The lowest BCUT2D eigenvalue weighted by Gasteiger charge is -2.11. The predicted octanol–water partition coefficient (Wildman–Crippen LogP) is 3.27. The molecular formula is C21H25NO5S. The van der Waals surface area contributed by atoms with Gasteiger partial charge < -0.3 is 19.5 Å². The molecule has 0 atom stereocenters. The van der Waals surface area contributed by atoms with E-state index in [-0.39, 0.29) is 18.3 Å². The van der Waals surface area contributed by atoms with Gasteiger partial charge in [0, 0.05) is 11.4 Å². The van der Waals surface area contributed by atoms with Crippen LogP contribution in [0, 0.1) is 13.8 Å². The zero-order valence-corrected chi connectivity index (χ0v) is 17.4. The molecule has 0 bridgehead atoms. The molecule has 0 saturated heterocycles. The molecular weight excluding hydrogens is 378 g/mol. The Kier molecular flexibility index (Phi) is 8.19. The molecule has 150 valence electrons. The fourth-order valence-electron chi connectivity index (χ4n) is 2.53. The van der Waals surface area contributed by atoms with Gasteiger partial charge in [-0.25, -0.2) is 0 Å². The summed E-state index contributed by atoms with van der Waals surface area (Å²) in [5.74, 6) is 0.579. The first-order chi connectivity index (χ1) is 13.4. The standard InChI is InChI=1S/C21H25NO5S/c1-14-5-8-19(15(2)9-14)28-13-21(24)27-12-20(23)22-11-16-6-7-17(25-3)18(10-16)26-4/h5-10H,11-13H2,1-4H3,(H,22,23). The number of esters is 1. The second-order valence-corrected chi connectivity index (χ2v) is 7.20. The van der Waals surface area contributed by atoms with Crippen molar-refractivity contribution in [2.24, 2.45) is 0 Å². The second-order valence-electron chi connectivity index (χ2n) is 6.18. The van der Waals surface area contributed by atoms with Crippen LogP contribution in [-0.2, 0) is 20.9 Å². The van der Waals surface area contributed by atoms with Crippen LogP contribution in [0.15, 0.2) is 41.3 Å². The summed E-state index contributed by atoms with van der Waals surface area (Å²) in [6.45, 7) is 4.02. The Labute approximate surface area is 169 Å². The number of hydrogen-bond acceptors (Lipinski definition) is 6. The lowest BCUT2D eigenvalue weighted by molar-refractivity contribution is -0.145. The van der Waals surface area contributed by atoms with Gasteiger partial charge in [-0.05, 0) is 43.2 Å². The number of methoxy groups -OCH3 is 2. The van der Waals surface area contributed by atoms with Crippen molar-refractivity contribution in [3.05, 3.63) is 53.1 Å². The van der Waals surface area contributed by atoms with E-state index in [1.54, 1.807) is 26.4 Å². The third-order valence-electron chi connectivity index (χ3n) is 3.98. The van der Waals surface area contributed by atoms with E-state index in [1.165, 1.54) is 17.3 Å². The second kappa shape index (κ2) is 10.6. The molecule has 0 saturated carbocycles. The van der Waals surface area contributed by atoms with Gasteiger partial charge in [-0.2, -0.15) is 0 Å². The van der Waals surface area contributed by atoms with Gasteiger partial charge >= 0.3 is 5.97 Å². The van der Waals surface area contributed by atoms with Crippen LogP contribution >= 0.6 is 11.8 Å². The first kappa shape index (κ1) is 21.6. The molecule has 0 fully saturated rings. The van der Waals surface area contributed by atoms with Crippen LogP contribution in [0.1, 0.15) is 16.7 Å². The maximum Gasteiger partial charge on any atom is 0.316 e. The van der Waals surface area contributed by atoms with Crippen molar-refractivity contribution in [2.45, 2.75) is 25.3 Å². The molecule has 0 unspecified atom stereocenters. The van der Waals surface area contributed by atoms with Crippen molar-refractivity contribution in [3.8, 4) is 11.5 Å². The van der Waals surface area contributed by atoms with Gasteiger partial charge in [0.05, 0.1) is 20.0 Å². The summed E-state index contributed by atoms with van der Waals surface area (Å²) in [5.41, 5.74) is 3.14. The zero-order chi connectivity index (χ0) is 20.5. The lowest BCUT2D eigenvalue weighted by atomic mass is 10.2. The maximum absolute atomic E-state index is 11.9. The highest BCUT2D eigenvalue weighted by atomic mass is 32.2. The summed E-state index contributed by atoms with van der Waals surface area (Å²) in [6, 6.07) is 11.4. The highest BCUT2D eigenvalue weighted by Gasteiger charge is 2.10. The van der Waals surface area contributed by atoms with Crippen molar-refractivity contribution in [1.29, 1.82) is 0 Å². The van der Waals surface area contributed by atoms with E-state index in [2.05, 4.69) is 11.4 Å². The Bertz CT molecular complexity index is 838. The van der Waals surface area contributed by atoms with Gasteiger partial charge in [0.2, 0.25) is 0 Å². The molecule has 0 radical (unpaired) electrons. The van der Waals surface area contributed by atoms with Crippen LogP contribution in [-0.4, -0.2) is 38.5 Å². The largest absolute Gasteiger partial charge is 0.493 e. The van der Waals surface area contributed by atoms with E-state index in [0.717, 1.165) is 16.0 Å². The zero-order valence-electron chi connectivity index (χ0n) is 16.5. The first-order valence-electron chi connectivity index (χ1n) is 8.76. The SMILES string of the molecule is COc1ccc(CNC(=O)COC(=O)CSc2ccc(C)cc2C)cc1OC. The Balaban J connectivity index is 1.73. The van der Waals surface area contributed by atoms with E-state index in [4.69, 9.17) is 14.2 Å². The quantitative estimate of drug-likeness (QED) is 0.512. The molecule has 28 heavy (non-hydrogen) atoms. The smallest absolute Gasteiger partial charge is 0.316 e. The number of aryl methyl sites for hydroxylation is 2. The number of rotatable bonds is 9. The molecule has 0 heterocycles. The number of hydrogen-bond donors (Lipinski definition) is 1.